The second kappa shape index (κ2) is 9.14. The Labute approximate surface area is 192 Å². The molecule has 9 nitrogen and oxygen atoms in total. The van der Waals surface area contributed by atoms with E-state index in [9.17, 15) is 15.0 Å². The highest BCUT2D eigenvalue weighted by Gasteiger charge is 2.68. The Balaban J connectivity index is 1.76. The summed E-state index contributed by atoms with van der Waals surface area (Å²) in [6.45, 7) is 1.28. The number of Topliss-reactive ketones (excluding diaryl/α,β-unsaturated/α-hetero) is 1. The lowest BCUT2D eigenvalue weighted by atomic mass is 9.89. The first-order valence-electron chi connectivity index (χ1n) is 10.9. The number of carbonyl (C=O) groups is 1. The summed E-state index contributed by atoms with van der Waals surface area (Å²) >= 11 is 0. The first-order valence-corrected chi connectivity index (χ1v) is 10.9. The average molecular weight is 451 g/mol. The van der Waals surface area contributed by atoms with Gasteiger partial charge in [-0.25, -0.2) is 4.99 Å². The van der Waals surface area contributed by atoms with E-state index in [1.54, 1.807) is 35.5 Å². The van der Waals surface area contributed by atoms with Gasteiger partial charge in [-0.3, -0.25) is 9.69 Å². The third kappa shape index (κ3) is 3.50. The van der Waals surface area contributed by atoms with E-state index in [2.05, 4.69) is 9.98 Å². The summed E-state index contributed by atoms with van der Waals surface area (Å²) in [4.78, 5) is 24.5. The lowest BCUT2D eigenvalue weighted by Crippen LogP contribution is -2.79. The number of benzene rings is 2. The number of hydrogen-bond donors (Lipinski definition) is 3. The van der Waals surface area contributed by atoms with Gasteiger partial charge in [-0.15, -0.1) is 0 Å². The van der Waals surface area contributed by atoms with Gasteiger partial charge in [-0.2, -0.15) is 9.48 Å². The molecule has 0 aromatic heterocycles. The number of aliphatic hydroxyl groups excluding tert-OH is 2. The molecule has 0 amide bonds. The number of para-hydroxylation sites is 1. The topological polar surface area (TPSA) is 121 Å². The predicted octanol–water partition coefficient (Wildman–Crippen LogP) is 2.39. The van der Waals surface area contributed by atoms with E-state index in [0.29, 0.717) is 29.3 Å². The fraction of sp³-hybridized carbons (Fsp3) is 0.292. The summed E-state index contributed by atoms with van der Waals surface area (Å²) in [6.07, 6.45) is 4.68. The molecule has 33 heavy (non-hydrogen) atoms. The number of carbonyl (C=O) groups excluding carboxylic acids is 1. The van der Waals surface area contributed by atoms with Gasteiger partial charge >= 0.3 is 5.96 Å². The van der Waals surface area contributed by atoms with E-state index in [4.69, 9.17) is 10.5 Å². The number of ether oxygens (including phenoxy) is 1. The molecule has 4 rings (SSSR count). The van der Waals surface area contributed by atoms with Crippen LogP contribution in [0.4, 0.5) is 0 Å². The normalized spacial score (nSPS) is 20.8. The number of guanidine groups is 1. The van der Waals surface area contributed by atoms with E-state index in [0.717, 1.165) is 12.8 Å². The smallest absolute Gasteiger partial charge is 0.306 e. The van der Waals surface area contributed by atoms with Gasteiger partial charge in [-0.1, -0.05) is 31.5 Å². The van der Waals surface area contributed by atoms with Crippen LogP contribution in [0.25, 0.3) is 0 Å². The van der Waals surface area contributed by atoms with Crippen molar-refractivity contribution in [1.82, 2.24) is 4.90 Å². The van der Waals surface area contributed by atoms with Crippen LogP contribution in [0.5, 0.6) is 11.5 Å². The Morgan fingerprint density at radius 1 is 1.09 bits per heavy atom. The van der Waals surface area contributed by atoms with Crippen LogP contribution in [0.2, 0.25) is 0 Å². The van der Waals surface area contributed by atoms with Gasteiger partial charge in [-0.05, 0) is 42.8 Å². The maximum Gasteiger partial charge on any atom is 0.306 e. The third-order valence-corrected chi connectivity index (χ3v) is 6.13. The zero-order chi connectivity index (χ0) is 23.5. The average Bonchev–Trinajstić information content (AvgIpc) is 3.23. The molecule has 1 unspecified atom stereocenters. The Bertz CT molecular complexity index is 1090. The molecule has 0 spiro atoms. The molecule has 0 radical (unpaired) electrons. The van der Waals surface area contributed by atoms with Crippen LogP contribution in [-0.4, -0.2) is 63.3 Å². The van der Waals surface area contributed by atoms with Crippen LogP contribution >= 0.6 is 0 Å². The monoisotopic (exact) mass is 450 g/mol. The van der Waals surface area contributed by atoms with Gasteiger partial charge in [0.2, 0.25) is 0 Å². The third-order valence-electron chi connectivity index (χ3n) is 6.13. The summed E-state index contributed by atoms with van der Waals surface area (Å²) in [5.74, 6) is 0.844. The standard InChI is InChI=1S/C24H28N5O4/c1-2-3-13-28-15-27-21-14-26-23(25)29(16-30,17-31)24(21,28)22(32)18-9-11-20(12-10-18)33-19-7-5-4-6-8-19/h4-12,14-15,30-31H,2-3,13,16-17H2,1H3,(H2,25,26)/q+1. The zero-order valence-corrected chi connectivity index (χ0v) is 18.5. The second-order valence-corrected chi connectivity index (χ2v) is 7.98. The van der Waals surface area contributed by atoms with Crippen molar-refractivity contribution in [1.29, 1.82) is 0 Å². The number of aliphatic hydroxyl groups is 2. The molecule has 2 aromatic carbocycles. The summed E-state index contributed by atoms with van der Waals surface area (Å²) in [6, 6.07) is 16.1. The van der Waals surface area contributed by atoms with Crippen LogP contribution in [0.1, 0.15) is 30.1 Å². The number of fused-ring (bicyclic) bond motifs is 1. The van der Waals surface area contributed by atoms with E-state index in [1.807, 2.05) is 37.3 Å². The number of aliphatic imine (C=N–C) groups is 2. The molecule has 0 saturated heterocycles. The Morgan fingerprint density at radius 3 is 2.39 bits per heavy atom. The quantitative estimate of drug-likeness (QED) is 0.399. The number of nitrogens with zero attached hydrogens (tertiary/aromatic N) is 4. The highest BCUT2D eigenvalue weighted by molar-refractivity contribution is 6.08. The molecular formula is C24H28N5O4+. The largest absolute Gasteiger partial charge is 0.457 e. The van der Waals surface area contributed by atoms with Gasteiger partial charge in [0.25, 0.3) is 11.4 Å². The highest BCUT2D eigenvalue weighted by Crippen LogP contribution is 2.44. The summed E-state index contributed by atoms with van der Waals surface area (Å²) in [7, 11) is 0. The van der Waals surface area contributed by atoms with Crippen molar-refractivity contribution in [2.45, 2.75) is 25.4 Å². The summed E-state index contributed by atoms with van der Waals surface area (Å²) < 4.78 is 5.17. The van der Waals surface area contributed by atoms with Crippen molar-refractivity contribution in [2.75, 3.05) is 20.0 Å². The lowest BCUT2D eigenvalue weighted by molar-refractivity contribution is -0.925. The maximum absolute atomic E-state index is 14.2. The molecule has 1 atom stereocenters. The van der Waals surface area contributed by atoms with Crippen molar-refractivity contribution in [2.24, 2.45) is 15.7 Å². The molecule has 0 fully saturated rings. The van der Waals surface area contributed by atoms with Crippen LogP contribution in [-0.2, 0) is 0 Å². The van der Waals surface area contributed by atoms with Crippen molar-refractivity contribution in [3.8, 4) is 11.5 Å². The summed E-state index contributed by atoms with van der Waals surface area (Å²) in [5, 5.41) is 20.9. The SMILES string of the molecule is CCCCN1C=NC2=CN=C(N)[N+](CO)(CO)C21C(=O)c1ccc(Oc2ccccc2)cc1. The van der Waals surface area contributed by atoms with Crippen molar-refractivity contribution < 1.29 is 24.2 Å². The number of nitrogens with two attached hydrogens (primary N) is 1. The van der Waals surface area contributed by atoms with Crippen molar-refractivity contribution >= 4 is 18.1 Å². The van der Waals surface area contributed by atoms with E-state index in [-0.39, 0.29) is 11.7 Å². The minimum atomic E-state index is -1.56. The molecule has 0 bridgehead atoms. The molecule has 4 N–H and O–H groups in total. The summed E-state index contributed by atoms with van der Waals surface area (Å²) in [5.41, 5.74) is 5.33. The highest BCUT2D eigenvalue weighted by atomic mass is 16.5. The lowest BCUT2D eigenvalue weighted by Gasteiger charge is -2.50. The molecule has 2 aliphatic rings. The predicted molar refractivity (Wildman–Crippen MR) is 124 cm³/mol. The zero-order valence-electron chi connectivity index (χ0n) is 18.5. The van der Waals surface area contributed by atoms with Crippen LogP contribution in [0.3, 0.4) is 0 Å². The number of hydrogen-bond acceptors (Lipinski definition) is 8. The van der Waals surface area contributed by atoms with Gasteiger partial charge in [0.15, 0.2) is 19.2 Å². The van der Waals surface area contributed by atoms with E-state index in [1.165, 1.54) is 6.20 Å². The van der Waals surface area contributed by atoms with Crippen LogP contribution in [0, 0.1) is 0 Å². The maximum atomic E-state index is 14.2. The van der Waals surface area contributed by atoms with Crippen molar-refractivity contribution in [3.63, 3.8) is 0 Å². The number of rotatable bonds is 9. The van der Waals surface area contributed by atoms with Gasteiger partial charge in [0.1, 0.15) is 11.5 Å². The van der Waals surface area contributed by atoms with Gasteiger partial charge < -0.3 is 20.7 Å². The fourth-order valence-electron chi connectivity index (χ4n) is 4.33. The van der Waals surface area contributed by atoms with E-state index < -0.39 is 23.6 Å². The Hall–Kier alpha value is -3.53. The van der Waals surface area contributed by atoms with Crippen LogP contribution < -0.4 is 10.5 Å². The van der Waals surface area contributed by atoms with E-state index >= 15 is 0 Å². The van der Waals surface area contributed by atoms with Gasteiger partial charge in [0.05, 0.1) is 12.5 Å². The Morgan fingerprint density at radius 2 is 1.76 bits per heavy atom. The molecule has 2 aromatic rings. The van der Waals surface area contributed by atoms with Crippen molar-refractivity contribution in [3.05, 3.63) is 72.1 Å². The number of quaternary nitrogens is 1. The Kier molecular flexibility index (Phi) is 6.28. The first kappa shape index (κ1) is 22.7. The first-order chi connectivity index (χ1) is 16.0. The van der Waals surface area contributed by atoms with Gasteiger partial charge in [0, 0.05) is 12.1 Å². The minimum absolute atomic E-state index is 0.0619. The minimum Gasteiger partial charge on any atom is -0.457 e. The molecule has 2 aliphatic heterocycles. The molecule has 0 aliphatic carbocycles. The second-order valence-electron chi connectivity index (χ2n) is 7.98. The molecule has 172 valence electrons. The fourth-order valence-corrected chi connectivity index (χ4v) is 4.33. The number of unbranched alkanes of at least 4 members (excludes halogenated alkanes) is 1. The molecule has 9 heteroatoms. The molecular weight excluding hydrogens is 422 g/mol. The molecule has 0 saturated carbocycles. The molecule has 2 heterocycles. The van der Waals surface area contributed by atoms with Crippen LogP contribution in [0.15, 0.2) is 76.5 Å². The number of ketones is 1.